The SMILES string of the molecule is CN(C)c1ccc([C@@H](C(=O)NC[C@H]2CCCO2)N(C(=O)c2snc(C(N)=O)c2N)c2ccc(F)cc2)cc1. The van der Waals surface area contributed by atoms with Gasteiger partial charge < -0.3 is 26.4 Å². The van der Waals surface area contributed by atoms with Gasteiger partial charge in [-0.15, -0.1) is 0 Å². The van der Waals surface area contributed by atoms with Gasteiger partial charge in [0.2, 0.25) is 5.91 Å². The molecule has 0 saturated carbocycles. The highest BCUT2D eigenvalue weighted by molar-refractivity contribution is 7.09. The van der Waals surface area contributed by atoms with Crippen LogP contribution in [-0.2, 0) is 9.53 Å². The highest BCUT2D eigenvalue weighted by atomic mass is 32.1. The van der Waals surface area contributed by atoms with Crippen molar-refractivity contribution in [3.8, 4) is 0 Å². The third-order valence-corrected chi connectivity index (χ3v) is 7.09. The van der Waals surface area contributed by atoms with Gasteiger partial charge in [-0.3, -0.25) is 19.3 Å². The van der Waals surface area contributed by atoms with Crippen LogP contribution in [0.1, 0.15) is 44.6 Å². The number of primary amides is 1. The van der Waals surface area contributed by atoms with Crippen molar-refractivity contribution < 1.29 is 23.5 Å². The molecular weight excluding hydrogens is 511 g/mol. The molecule has 3 amide bonds. The number of rotatable bonds is 9. The fourth-order valence-electron chi connectivity index (χ4n) is 4.21. The van der Waals surface area contributed by atoms with E-state index in [0.717, 1.165) is 18.5 Å². The van der Waals surface area contributed by atoms with Crippen molar-refractivity contribution in [1.82, 2.24) is 9.69 Å². The maximum Gasteiger partial charge on any atom is 0.273 e. The average molecular weight is 541 g/mol. The molecule has 10 nitrogen and oxygen atoms in total. The van der Waals surface area contributed by atoms with Gasteiger partial charge in [-0.1, -0.05) is 12.1 Å². The number of halogens is 1. The lowest BCUT2D eigenvalue weighted by Gasteiger charge is -2.32. The van der Waals surface area contributed by atoms with Crippen LogP contribution in [0, 0.1) is 5.82 Å². The molecule has 0 spiro atoms. The van der Waals surface area contributed by atoms with Gasteiger partial charge in [0, 0.05) is 38.6 Å². The van der Waals surface area contributed by atoms with E-state index in [1.165, 1.54) is 29.2 Å². The van der Waals surface area contributed by atoms with Crippen LogP contribution in [0.2, 0.25) is 0 Å². The Bertz CT molecular complexity index is 1310. The maximum atomic E-state index is 14.0. The molecule has 200 valence electrons. The summed E-state index contributed by atoms with van der Waals surface area (Å²) >= 11 is 0.704. The van der Waals surface area contributed by atoms with Gasteiger partial charge in [0.1, 0.15) is 16.7 Å². The quantitative estimate of drug-likeness (QED) is 0.379. The fraction of sp³-hybridized carbons (Fsp3) is 0.308. The summed E-state index contributed by atoms with van der Waals surface area (Å²) in [6.45, 7) is 0.897. The molecule has 1 aromatic heterocycles. The highest BCUT2D eigenvalue weighted by Gasteiger charge is 2.36. The molecule has 0 aliphatic carbocycles. The van der Waals surface area contributed by atoms with E-state index in [1.54, 1.807) is 12.1 Å². The molecule has 5 N–H and O–H groups in total. The van der Waals surface area contributed by atoms with Crippen LogP contribution in [0.4, 0.5) is 21.5 Å². The van der Waals surface area contributed by atoms with Crippen LogP contribution in [0.5, 0.6) is 0 Å². The van der Waals surface area contributed by atoms with Gasteiger partial charge in [-0.25, -0.2) is 4.39 Å². The first-order valence-electron chi connectivity index (χ1n) is 12.0. The number of ether oxygens (including phenoxy) is 1. The van der Waals surface area contributed by atoms with Crippen molar-refractivity contribution in [3.05, 3.63) is 70.5 Å². The Labute approximate surface area is 223 Å². The zero-order chi connectivity index (χ0) is 27.4. The summed E-state index contributed by atoms with van der Waals surface area (Å²) in [5, 5.41) is 2.91. The van der Waals surface area contributed by atoms with Gasteiger partial charge in [-0.2, -0.15) is 4.37 Å². The van der Waals surface area contributed by atoms with E-state index in [-0.39, 0.29) is 34.6 Å². The van der Waals surface area contributed by atoms with Crippen LogP contribution in [0.3, 0.4) is 0 Å². The van der Waals surface area contributed by atoms with Crippen LogP contribution in [-0.4, -0.2) is 55.4 Å². The molecule has 3 aromatic rings. The molecule has 1 aliphatic heterocycles. The number of benzene rings is 2. The van der Waals surface area contributed by atoms with Crippen LogP contribution in [0.25, 0.3) is 0 Å². The topological polar surface area (TPSA) is 144 Å². The summed E-state index contributed by atoms with van der Waals surface area (Å²) in [6, 6.07) is 11.2. The highest BCUT2D eigenvalue weighted by Crippen LogP contribution is 2.34. The Hall–Kier alpha value is -4.03. The monoisotopic (exact) mass is 540 g/mol. The third-order valence-electron chi connectivity index (χ3n) is 6.24. The standard InChI is InChI=1S/C26H29FN6O4S/c1-32(2)17-9-5-15(6-10-17)22(25(35)30-14-19-4-3-13-37-19)33(18-11-7-16(27)8-12-18)26(36)23-20(28)21(24(29)34)31-38-23/h5-12,19,22H,3-4,13-14,28H2,1-2H3,(H2,29,34)(H,30,35)/t19-,22+/m1/s1. The molecule has 1 saturated heterocycles. The minimum Gasteiger partial charge on any atom is -0.395 e. The third kappa shape index (κ3) is 5.76. The summed E-state index contributed by atoms with van der Waals surface area (Å²) in [4.78, 5) is 42.6. The number of amides is 3. The molecule has 0 unspecified atom stereocenters. The number of aromatic nitrogens is 1. The maximum absolute atomic E-state index is 14.0. The van der Waals surface area contributed by atoms with E-state index in [1.807, 2.05) is 31.1 Å². The lowest BCUT2D eigenvalue weighted by molar-refractivity contribution is -0.123. The average Bonchev–Trinajstić information content (AvgIpc) is 3.56. The molecule has 0 bridgehead atoms. The van der Waals surface area contributed by atoms with Gasteiger partial charge in [0.15, 0.2) is 5.69 Å². The summed E-state index contributed by atoms with van der Waals surface area (Å²) in [5.41, 5.74) is 12.7. The zero-order valence-electron chi connectivity index (χ0n) is 21.0. The number of nitrogens with two attached hydrogens (primary N) is 2. The smallest absolute Gasteiger partial charge is 0.273 e. The lowest BCUT2D eigenvalue weighted by atomic mass is 10.0. The van der Waals surface area contributed by atoms with Crippen molar-refractivity contribution in [2.75, 3.05) is 42.8 Å². The normalized spacial score (nSPS) is 15.6. The van der Waals surface area contributed by atoms with E-state index in [9.17, 15) is 18.8 Å². The number of anilines is 3. The molecule has 0 radical (unpaired) electrons. The van der Waals surface area contributed by atoms with E-state index >= 15 is 0 Å². The number of nitrogens with zero attached hydrogens (tertiary/aromatic N) is 3. The van der Waals surface area contributed by atoms with Crippen molar-refractivity contribution in [3.63, 3.8) is 0 Å². The number of hydrogen-bond donors (Lipinski definition) is 3. The molecule has 38 heavy (non-hydrogen) atoms. The minimum absolute atomic E-state index is 0.0648. The first-order valence-corrected chi connectivity index (χ1v) is 12.8. The Morgan fingerprint density at radius 1 is 1.13 bits per heavy atom. The number of carbonyl (C=O) groups excluding carboxylic acids is 3. The van der Waals surface area contributed by atoms with Gasteiger partial charge >= 0.3 is 0 Å². The van der Waals surface area contributed by atoms with Crippen LogP contribution in [0.15, 0.2) is 48.5 Å². The number of hydrogen-bond acceptors (Lipinski definition) is 8. The molecule has 2 aromatic carbocycles. The molecule has 1 fully saturated rings. The second kappa shape index (κ2) is 11.6. The number of nitrogens with one attached hydrogen (secondary N) is 1. The number of nitrogen functional groups attached to an aromatic ring is 1. The first kappa shape index (κ1) is 27.0. The Morgan fingerprint density at radius 3 is 2.34 bits per heavy atom. The predicted molar refractivity (Wildman–Crippen MR) is 144 cm³/mol. The fourth-order valence-corrected chi connectivity index (χ4v) is 4.96. The van der Waals surface area contributed by atoms with Gasteiger partial charge in [0.05, 0.1) is 11.8 Å². The summed E-state index contributed by atoms with van der Waals surface area (Å²) < 4.78 is 23.4. The van der Waals surface area contributed by atoms with Gasteiger partial charge in [-0.05, 0) is 66.3 Å². The van der Waals surface area contributed by atoms with E-state index in [2.05, 4.69) is 9.69 Å². The molecule has 2 heterocycles. The van der Waals surface area contributed by atoms with Crippen LogP contribution >= 0.6 is 11.5 Å². The molecule has 4 rings (SSSR count). The second-order valence-corrected chi connectivity index (χ2v) is 9.83. The molecule has 2 atom stereocenters. The molecule has 1 aliphatic rings. The predicted octanol–water partition coefficient (Wildman–Crippen LogP) is 2.71. The van der Waals surface area contributed by atoms with E-state index < -0.39 is 29.6 Å². The molecular formula is C26H29FN6O4S. The van der Waals surface area contributed by atoms with Crippen LogP contribution < -0.4 is 26.6 Å². The largest absolute Gasteiger partial charge is 0.395 e. The van der Waals surface area contributed by atoms with Gasteiger partial charge in [0.25, 0.3) is 11.8 Å². The second-order valence-electron chi connectivity index (χ2n) is 9.06. The van der Waals surface area contributed by atoms with Crippen molar-refractivity contribution in [2.24, 2.45) is 5.73 Å². The molecule has 12 heteroatoms. The summed E-state index contributed by atoms with van der Waals surface area (Å²) in [6.07, 6.45) is 1.60. The van der Waals surface area contributed by atoms with E-state index in [0.29, 0.717) is 23.7 Å². The van der Waals surface area contributed by atoms with Crippen molar-refractivity contribution in [1.29, 1.82) is 0 Å². The zero-order valence-corrected chi connectivity index (χ0v) is 21.8. The first-order chi connectivity index (χ1) is 18.2. The Balaban J connectivity index is 1.81. The minimum atomic E-state index is -1.16. The Kier molecular flexibility index (Phi) is 8.23. The number of carbonyl (C=O) groups is 3. The Morgan fingerprint density at radius 2 is 1.79 bits per heavy atom. The van der Waals surface area contributed by atoms with Crippen molar-refractivity contribution >= 4 is 46.3 Å². The van der Waals surface area contributed by atoms with Crippen molar-refractivity contribution in [2.45, 2.75) is 25.0 Å². The summed E-state index contributed by atoms with van der Waals surface area (Å²) in [7, 11) is 3.77. The lowest BCUT2D eigenvalue weighted by Crippen LogP contribution is -2.45. The summed E-state index contributed by atoms with van der Waals surface area (Å²) in [5.74, 6) is -2.54. The van der Waals surface area contributed by atoms with E-state index in [4.69, 9.17) is 16.2 Å².